The number of carbonyl (C=O) groups is 2. The number of nitrogens with zero attached hydrogens (tertiary/aromatic N) is 1. The molecule has 0 bridgehead atoms. The van der Waals surface area contributed by atoms with Crippen molar-refractivity contribution in [2.24, 2.45) is 0 Å². The summed E-state index contributed by atoms with van der Waals surface area (Å²) in [7, 11) is 0. The van der Waals surface area contributed by atoms with Crippen LogP contribution >= 0.6 is 0 Å². The summed E-state index contributed by atoms with van der Waals surface area (Å²) in [4.78, 5) is 26.3. The fourth-order valence-corrected chi connectivity index (χ4v) is 3.29. The van der Waals surface area contributed by atoms with E-state index in [1.54, 1.807) is 0 Å². The van der Waals surface area contributed by atoms with E-state index in [1.807, 2.05) is 24.3 Å². The van der Waals surface area contributed by atoms with Gasteiger partial charge in [0.2, 0.25) is 11.8 Å². The van der Waals surface area contributed by atoms with Gasteiger partial charge in [-0.2, -0.15) is 13.2 Å². The number of halogens is 3. The van der Waals surface area contributed by atoms with E-state index in [9.17, 15) is 22.8 Å². The number of amides is 2. The fourth-order valence-electron chi connectivity index (χ4n) is 3.29. The molecule has 0 radical (unpaired) electrons. The van der Waals surface area contributed by atoms with E-state index < -0.39 is 17.8 Å². The Balaban J connectivity index is 1.75. The molecule has 3 rings (SSSR count). The van der Waals surface area contributed by atoms with Crippen LogP contribution in [0.4, 0.5) is 13.2 Å². The highest BCUT2D eigenvalue weighted by Gasteiger charge is 2.34. The molecule has 0 spiro atoms. The summed E-state index contributed by atoms with van der Waals surface area (Å²) < 4.78 is 37.9. The summed E-state index contributed by atoms with van der Waals surface area (Å²) in [5.74, 6) is -0.545. The highest BCUT2D eigenvalue weighted by molar-refractivity contribution is 5.88. The van der Waals surface area contributed by atoms with Gasteiger partial charge in [-0.3, -0.25) is 9.59 Å². The molecular weight excluding hydrogens is 357 g/mol. The lowest BCUT2D eigenvalue weighted by atomic mass is 9.92. The first-order valence-corrected chi connectivity index (χ1v) is 8.56. The van der Waals surface area contributed by atoms with Crippen LogP contribution in [0.2, 0.25) is 0 Å². The molecule has 142 valence electrons. The lowest BCUT2D eigenvalue weighted by Crippen LogP contribution is -2.46. The summed E-state index contributed by atoms with van der Waals surface area (Å²) in [5.41, 5.74) is 1.62. The molecule has 2 aromatic carbocycles. The van der Waals surface area contributed by atoms with Crippen LogP contribution in [0.15, 0.2) is 48.5 Å². The maximum Gasteiger partial charge on any atom is 0.416 e. The van der Waals surface area contributed by atoms with Crippen LogP contribution in [0, 0.1) is 0 Å². The highest BCUT2D eigenvalue weighted by atomic mass is 19.4. The van der Waals surface area contributed by atoms with Crippen LogP contribution in [-0.4, -0.2) is 23.3 Å². The molecule has 4 nitrogen and oxygen atoms in total. The zero-order valence-corrected chi connectivity index (χ0v) is 14.7. The first kappa shape index (κ1) is 18.9. The van der Waals surface area contributed by atoms with E-state index in [4.69, 9.17) is 0 Å². The van der Waals surface area contributed by atoms with Gasteiger partial charge in [-0.15, -0.1) is 0 Å². The Morgan fingerprint density at radius 3 is 2.41 bits per heavy atom. The number of hydrogen-bond donors (Lipinski definition) is 1. The van der Waals surface area contributed by atoms with E-state index in [0.29, 0.717) is 18.5 Å². The fraction of sp³-hybridized carbons (Fsp3) is 0.300. The molecule has 1 aliphatic rings. The minimum absolute atomic E-state index is 0.0847. The zero-order chi connectivity index (χ0) is 19.6. The standard InChI is InChI=1S/C20H19F3N2O2/c1-13(26)25-11-10-15-4-2-3-5-17(15)18(25)19(27)24-12-14-6-8-16(9-7-14)20(21,22)23/h2-9,18H,10-12H2,1H3,(H,24,27). The van der Waals surface area contributed by atoms with Gasteiger partial charge in [0.05, 0.1) is 5.56 Å². The average Bonchev–Trinajstić information content (AvgIpc) is 2.64. The van der Waals surface area contributed by atoms with Crippen LogP contribution in [0.5, 0.6) is 0 Å². The van der Waals surface area contributed by atoms with Crippen molar-refractivity contribution in [3.05, 3.63) is 70.8 Å². The van der Waals surface area contributed by atoms with Crippen molar-refractivity contribution in [1.29, 1.82) is 0 Å². The molecule has 1 heterocycles. The van der Waals surface area contributed by atoms with Gasteiger partial charge in [0, 0.05) is 20.0 Å². The van der Waals surface area contributed by atoms with Crippen LogP contribution < -0.4 is 5.32 Å². The van der Waals surface area contributed by atoms with E-state index in [1.165, 1.54) is 24.0 Å². The smallest absolute Gasteiger partial charge is 0.350 e. The minimum atomic E-state index is -4.39. The molecule has 0 aliphatic carbocycles. The molecule has 27 heavy (non-hydrogen) atoms. The van der Waals surface area contributed by atoms with Crippen LogP contribution in [0.1, 0.15) is 35.2 Å². The average molecular weight is 376 g/mol. The van der Waals surface area contributed by atoms with E-state index >= 15 is 0 Å². The minimum Gasteiger partial charge on any atom is -0.350 e. The molecule has 0 saturated heterocycles. The third-order valence-electron chi connectivity index (χ3n) is 4.68. The van der Waals surface area contributed by atoms with E-state index in [0.717, 1.165) is 23.3 Å². The second kappa shape index (κ2) is 7.42. The summed E-state index contributed by atoms with van der Waals surface area (Å²) in [6.07, 6.45) is -3.71. The number of alkyl halides is 3. The van der Waals surface area contributed by atoms with E-state index in [2.05, 4.69) is 5.32 Å². The van der Waals surface area contributed by atoms with Crippen LogP contribution in [-0.2, 0) is 28.7 Å². The Bertz CT molecular complexity index is 847. The molecule has 1 N–H and O–H groups in total. The Morgan fingerprint density at radius 2 is 1.78 bits per heavy atom. The quantitative estimate of drug-likeness (QED) is 0.892. The Morgan fingerprint density at radius 1 is 1.11 bits per heavy atom. The first-order valence-electron chi connectivity index (χ1n) is 8.56. The molecular formula is C20H19F3N2O2. The topological polar surface area (TPSA) is 49.4 Å². The molecule has 1 atom stereocenters. The van der Waals surface area contributed by atoms with Crippen molar-refractivity contribution >= 4 is 11.8 Å². The van der Waals surface area contributed by atoms with Crippen molar-refractivity contribution in [3.8, 4) is 0 Å². The zero-order valence-electron chi connectivity index (χ0n) is 14.7. The normalized spacial score (nSPS) is 16.6. The molecule has 2 amide bonds. The number of fused-ring (bicyclic) bond motifs is 1. The van der Waals surface area contributed by atoms with Crippen molar-refractivity contribution in [2.75, 3.05) is 6.54 Å². The monoisotopic (exact) mass is 376 g/mol. The van der Waals surface area contributed by atoms with E-state index in [-0.39, 0.29) is 18.4 Å². The lowest BCUT2D eigenvalue weighted by Gasteiger charge is -2.35. The van der Waals surface area contributed by atoms with Gasteiger partial charge in [0.25, 0.3) is 0 Å². The number of carbonyl (C=O) groups excluding carboxylic acids is 2. The summed E-state index contributed by atoms with van der Waals surface area (Å²) in [5, 5.41) is 2.74. The Labute approximate surface area is 155 Å². The number of benzene rings is 2. The summed E-state index contributed by atoms with van der Waals surface area (Å²) >= 11 is 0. The van der Waals surface area contributed by atoms with Crippen LogP contribution in [0.3, 0.4) is 0 Å². The number of nitrogens with one attached hydrogen (secondary N) is 1. The van der Waals surface area contributed by atoms with Gasteiger partial charge < -0.3 is 10.2 Å². The molecule has 2 aromatic rings. The van der Waals surface area contributed by atoms with Crippen molar-refractivity contribution < 1.29 is 22.8 Å². The Hall–Kier alpha value is -2.83. The second-order valence-corrected chi connectivity index (χ2v) is 6.48. The summed E-state index contributed by atoms with van der Waals surface area (Å²) in [6.45, 7) is 1.95. The largest absolute Gasteiger partial charge is 0.416 e. The van der Waals surface area contributed by atoms with Gasteiger partial charge in [-0.1, -0.05) is 36.4 Å². The second-order valence-electron chi connectivity index (χ2n) is 6.48. The number of hydrogen-bond acceptors (Lipinski definition) is 2. The van der Waals surface area contributed by atoms with Crippen molar-refractivity contribution in [2.45, 2.75) is 32.1 Å². The Kier molecular flexibility index (Phi) is 5.21. The molecule has 0 saturated carbocycles. The third kappa shape index (κ3) is 4.13. The maximum atomic E-state index is 12.8. The highest BCUT2D eigenvalue weighted by Crippen LogP contribution is 2.31. The molecule has 1 unspecified atom stereocenters. The van der Waals surface area contributed by atoms with Gasteiger partial charge in [0.1, 0.15) is 6.04 Å². The predicted molar refractivity (Wildman–Crippen MR) is 93.6 cm³/mol. The molecule has 0 fully saturated rings. The van der Waals surface area contributed by atoms with Gasteiger partial charge in [-0.25, -0.2) is 0 Å². The summed E-state index contributed by atoms with van der Waals surface area (Å²) in [6, 6.07) is 11.4. The number of rotatable bonds is 3. The lowest BCUT2D eigenvalue weighted by molar-refractivity contribution is -0.139. The van der Waals surface area contributed by atoms with Crippen molar-refractivity contribution in [3.63, 3.8) is 0 Å². The molecule has 1 aliphatic heterocycles. The molecule has 7 heteroatoms. The third-order valence-corrected chi connectivity index (χ3v) is 4.68. The van der Waals surface area contributed by atoms with Gasteiger partial charge in [0.15, 0.2) is 0 Å². The van der Waals surface area contributed by atoms with Crippen molar-refractivity contribution in [1.82, 2.24) is 10.2 Å². The predicted octanol–water partition coefficient (Wildman–Crippen LogP) is 3.47. The van der Waals surface area contributed by atoms with Gasteiger partial charge in [-0.05, 0) is 35.2 Å². The van der Waals surface area contributed by atoms with Gasteiger partial charge >= 0.3 is 6.18 Å². The molecule has 0 aromatic heterocycles. The first-order chi connectivity index (χ1) is 12.8. The SMILES string of the molecule is CC(=O)N1CCc2ccccc2C1C(=O)NCc1ccc(C(F)(F)F)cc1. The maximum absolute atomic E-state index is 12.8. The van der Waals surface area contributed by atoms with Crippen LogP contribution in [0.25, 0.3) is 0 Å².